The van der Waals surface area contributed by atoms with Crippen LogP contribution in [0.25, 0.3) is 0 Å². The molecule has 2 aliphatic rings. The molecule has 2 amide bonds. The van der Waals surface area contributed by atoms with Gasteiger partial charge in [0, 0.05) is 51.4 Å². The number of halogens is 2. The van der Waals surface area contributed by atoms with Crippen molar-refractivity contribution < 1.29 is 14.3 Å². The number of nitrogens with zero attached hydrogens (tertiary/aromatic N) is 3. The monoisotopic (exact) mass is 440 g/mol. The van der Waals surface area contributed by atoms with Crippen molar-refractivity contribution in [2.45, 2.75) is 12.5 Å². The Kier molecular flexibility index (Phi) is 7.27. The fourth-order valence-corrected chi connectivity index (χ4v) is 4.33. The van der Waals surface area contributed by atoms with Gasteiger partial charge in [0.05, 0.1) is 29.4 Å². The van der Waals surface area contributed by atoms with Gasteiger partial charge in [0.2, 0.25) is 11.8 Å². The van der Waals surface area contributed by atoms with Gasteiger partial charge >= 0.3 is 0 Å². The predicted molar refractivity (Wildman–Crippen MR) is 115 cm³/mol. The summed E-state index contributed by atoms with van der Waals surface area (Å²) in [5, 5.41) is 3.94. The summed E-state index contributed by atoms with van der Waals surface area (Å²) in [6, 6.07) is 3.62. The van der Waals surface area contributed by atoms with Crippen LogP contribution in [0.4, 0.5) is 5.69 Å². The number of anilines is 1. The molecule has 0 aliphatic carbocycles. The number of nitrogens with one attached hydrogen (secondary N) is 1. The van der Waals surface area contributed by atoms with Crippen LogP contribution in [0.15, 0.2) is 24.8 Å². The molecule has 1 N–H and O–H groups in total. The number of rotatable bonds is 6. The van der Waals surface area contributed by atoms with E-state index in [0.29, 0.717) is 47.2 Å². The van der Waals surface area contributed by atoms with E-state index in [9.17, 15) is 9.59 Å². The fourth-order valence-electron chi connectivity index (χ4n) is 3.81. The standard InChI is InChI=1S/C20H26Cl2N4O3/c1-3-19(27)25-8-6-24(7-9-25)14-4-5-26(13-14)20(28)12-23-17-11-18(29-2)16(22)10-15(17)21/h3,10-11,14,23H,1,4-9,12-13H2,2H3. The Morgan fingerprint density at radius 2 is 1.90 bits per heavy atom. The minimum atomic E-state index is -0.0172. The van der Waals surface area contributed by atoms with Crippen LogP contribution in [0.5, 0.6) is 5.75 Å². The smallest absolute Gasteiger partial charge is 0.246 e. The van der Waals surface area contributed by atoms with Crippen LogP contribution >= 0.6 is 23.2 Å². The van der Waals surface area contributed by atoms with E-state index in [2.05, 4.69) is 16.8 Å². The highest BCUT2D eigenvalue weighted by Crippen LogP contribution is 2.34. The van der Waals surface area contributed by atoms with Crippen LogP contribution in [0, 0.1) is 0 Å². The summed E-state index contributed by atoms with van der Waals surface area (Å²) < 4.78 is 5.20. The van der Waals surface area contributed by atoms with Crippen molar-refractivity contribution in [3.63, 3.8) is 0 Å². The van der Waals surface area contributed by atoms with Crippen LogP contribution in [0.3, 0.4) is 0 Å². The summed E-state index contributed by atoms with van der Waals surface area (Å²) in [6.45, 7) is 8.18. The lowest BCUT2D eigenvalue weighted by Gasteiger charge is -2.37. The van der Waals surface area contributed by atoms with Crippen molar-refractivity contribution in [2.24, 2.45) is 0 Å². The molecule has 0 aromatic heterocycles. The molecule has 2 fully saturated rings. The van der Waals surface area contributed by atoms with Crippen LogP contribution in [0.1, 0.15) is 6.42 Å². The first-order chi connectivity index (χ1) is 13.9. The largest absolute Gasteiger partial charge is 0.495 e. The third-order valence-electron chi connectivity index (χ3n) is 5.50. The molecular formula is C20H26Cl2N4O3. The lowest BCUT2D eigenvalue weighted by atomic mass is 10.2. The van der Waals surface area contributed by atoms with Crippen molar-refractivity contribution >= 4 is 40.7 Å². The number of likely N-dealkylation sites (tertiary alicyclic amines) is 1. The maximum atomic E-state index is 12.6. The fraction of sp³-hybridized carbons (Fsp3) is 0.500. The van der Waals surface area contributed by atoms with Gasteiger partial charge < -0.3 is 19.9 Å². The zero-order valence-electron chi connectivity index (χ0n) is 16.5. The van der Waals surface area contributed by atoms with Gasteiger partial charge in [-0.25, -0.2) is 0 Å². The molecule has 158 valence electrons. The van der Waals surface area contributed by atoms with Gasteiger partial charge in [0.1, 0.15) is 5.75 Å². The number of piperazine rings is 1. The first-order valence-electron chi connectivity index (χ1n) is 9.63. The Morgan fingerprint density at radius 3 is 2.55 bits per heavy atom. The molecule has 1 unspecified atom stereocenters. The molecule has 0 spiro atoms. The number of hydrogen-bond acceptors (Lipinski definition) is 5. The van der Waals surface area contributed by atoms with Crippen LogP contribution in [-0.4, -0.2) is 85.5 Å². The minimum absolute atomic E-state index is 0.0172. The summed E-state index contributed by atoms with van der Waals surface area (Å²) in [4.78, 5) is 30.4. The number of carbonyl (C=O) groups excluding carboxylic acids is 2. The molecule has 7 nitrogen and oxygen atoms in total. The van der Waals surface area contributed by atoms with Crippen molar-refractivity contribution in [1.29, 1.82) is 0 Å². The van der Waals surface area contributed by atoms with Gasteiger partial charge in [-0.3, -0.25) is 14.5 Å². The molecule has 29 heavy (non-hydrogen) atoms. The maximum absolute atomic E-state index is 12.6. The van der Waals surface area contributed by atoms with Crippen molar-refractivity contribution in [3.8, 4) is 5.75 Å². The van der Waals surface area contributed by atoms with E-state index in [4.69, 9.17) is 27.9 Å². The normalized spacial score (nSPS) is 19.9. The quantitative estimate of drug-likeness (QED) is 0.687. The van der Waals surface area contributed by atoms with Gasteiger partial charge in [-0.2, -0.15) is 0 Å². The van der Waals surface area contributed by atoms with Gasteiger partial charge in [-0.05, 0) is 18.6 Å². The van der Waals surface area contributed by atoms with Crippen molar-refractivity contribution in [1.82, 2.24) is 14.7 Å². The van der Waals surface area contributed by atoms with E-state index in [0.717, 1.165) is 26.1 Å². The number of benzene rings is 1. The molecule has 2 saturated heterocycles. The van der Waals surface area contributed by atoms with Crippen LogP contribution in [-0.2, 0) is 9.59 Å². The molecule has 0 bridgehead atoms. The van der Waals surface area contributed by atoms with E-state index in [-0.39, 0.29) is 18.4 Å². The second kappa shape index (κ2) is 9.69. The van der Waals surface area contributed by atoms with E-state index in [1.165, 1.54) is 13.2 Å². The van der Waals surface area contributed by atoms with Gasteiger partial charge in [0.15, 0.2) is 0 Å². The van der Waals surface area contributed by atoms with Crippen molar-refractivity contribution in [3.05, 3.63) is 34.8 Å². The van der Waals surface area contributed by atoms with E-state index in [1.54, 1.807) is 12.1 Å². The SMILES string of the molecule is C=CC(=O)N1CCN(C2CCN(C(=O)CNc3cc(OC)c(Cl)cc3Cl)C2)CC1. The predicted octanol–water partition coefficient (Wildman–Crippen LogP) is 2.34. The lowest BCUT2D eigenvalue weighted by molar-refractivity contribution is -0.128. The molecule has 2 aliphatic heterocycles. The van der Waals surface area contributed by atoms with Gasteiger partial charge in [-0.1, -0.05) is 29.8 Å². The number of amides is 2. The van der Waals surface area contributed by atoms with E-state index >= 15 is 0 Å². The zero-order valence-corrected chi connectivity index (χ0v) is 18.0. The number of hydrogen-bond donors (Lipinski definition) is 1. The second-order valence-electron chi connectivity index (χ2n) is 7.17. The Balaban J connectivity index is 1.49. The van der Waals surface area contributed by atoms with Gasteiger partial charge in [-0.15, -0.1) is 0 Å². The number of ether oxygens (including phenoxy) is 1. The highest BCUT2D eigenvalue weighted by Gasteiger charge is 2.32. The second-order valence-corrected chi connectivity index (χ2v) is 7.98. The zero-order chi connectivity index (χ0) is 21.0. The molecule has 1 aromatic rings. The molecule has 9 heteroatoms. The summed E-state index contributed by atoms with van der Waals surface area (Å²) in [5.41, 5.74) is 0.611. The summed E-state index contributed by atoms with van der Waals surface area (Å²) >= 11 is 12.3. The maximum Gasteiger partial charge on any atom is 0.246 e. The first-order valence-corrected chi connectivity index (χ1v) is 10.4. The van der Waals surface area contributed by atoms with Crippen LogP contribution in [0.2, 0.25) is 10.0 Å². The summed E-state index contributed by atoms with van der Waals surface area (Å²) in [5.74, 6) is 0.510. The highest BCUT2D eigenvalue weighted by molar-refractivity contribution is 6.37. The average Bonchev–Trinajstić information content (AvgIpc) is 3.23. The summed E-state index contributed by atoms with van der Waals surface area (Å²) in [7, 11) is 1.53. The highest BCUT2D eigenvalue weighted by atomic mass is 35.5. The lowest BCUT2D eigenvalue weighted by Crippen LogP contribution is -2.52. The first kappa shape index (κ1) is 21.7. The molecule has 0 saturated carbocycles. The van der Waals surface area contributed by atoms with Crippen LogP contribution < -0.4 is 10.1 Å². The average molecular weight is 441 g/mol. The Bertz CT molecular complexity index is 781. The third kappa shape index (κ3) is 5.15. The molecule has 1 aromatic carbocycles. The molecular weight excluding hydrogens is 415 g/mol. The Morgan fingerprint density at radius 1 is 1.17 bits per heavy atom. The molecule has 0 radical (unpaired) electrons. The molecule has 2 heterocycles. The van der Waals surface area contributed by atoms with Gasteiger partial charge in [0.25, 0.3) is 0 Å². The minimum Gasteiger partial charge on any atom is -0.495 e. The third-order valence-corrected chi connectivity index (χ3v) is 6.11. The topological polar surface area (TPSA) is 65.1 Å². The number of methoxy groups -OCH3 is 1. The Labute approximate surface area is 181 Å². The molecule has 3 rings (SSSR count). The summed E-state index contributed by atoms with van der Waals surface area (Å²) in [6.07, 6.45) is 2.30. The number of carbonyl (C=O) groups is 2. The molecule has 1 atom stereocenters. The van der Waals surface area contributed by atoms with E-state index < -0.39 is 0 Å². The van der Waals surface area contributed by atoms with Crippen molar-refractivity contribution in [2.75, 3.05) is 58.2 Å². The Hall–Kier alpha value is -1.96. The van der Waals surface area contributed by atoms with E-state index in [1.807, 2.05) is 9.80 Å².